The summed E-state index contributed by atoms with van der Waals surface area (Å²) in [5, 5.41) is 9.17. The van der Waals surface area contributed by atoms with E-state index in [-0.39, 0.29) is 17.9 Å². The van der Waals surface area contributed by atoms with Crippen molar-refractivity contribution in [3.63, 3.8) is 0 Å². The van der Waals surface area contributed by atoms with Crippen molar-refractivity contribution >= 4 is 23.2 Å². The molecule has 2 amide bonds. The predicted molar refractivity (Wildman–Crippen MR) is 99.1 cm³/mol. The molecular formula is C20H21N3O3. The van der Waals surface area contributed by atoms with Gasteiger partial charge >= 0.3 is 0 Å². The van der Waals surface area contributed by atoms with Gasteiger partial charge in [-0.1, -0.05) is 30.3 Å². The van der Waals surface area contributed by atoms with Gasteiger partial charge in [-0.25, -0.2) is 0 Å². The van der Waals surface area contributed by atoms with E-state index >= 15 is 0 Å². The summed E-state index contributed by atoms with van der Waals surface area (Å²) < 4.78 is 5.58. The highest BCUT2D eigenvalue weighted by molar-refractivity contribution is 5.98. The molecule has 134 valence electrons. The first-order valence-corrected chi connectivity index (χ1v) is 8.83. The Bertz CT molecular complexity index is 833. The predicted octanol–water partition coefficient (Wildman–Crippen LogP) is 2.84. The van der Waals surface area contributed by atoms with E-state index in [0.717, 1.165) is 24.1 Å². The minimum atomic E-state index is -0.511. The molecule has 2 aromatic carbocycles. The van der Waals surface area contributed by atoms with E-state index in [0.29, 0.717) is 11.4 Å². The molecule has 1 aliphatic heterocycles. The first kappa shape index (κ1) is 16.4. The third-order valence-corrected chi connectivity index (χ3v) is 4.54. The molecule has 2 atom stereocenters. The molecule has 0 saturated heterocycles. The van der Waals surface area contributed by atoms with Crippen molar-refractivity contribution in [3.05, 3.63) is 54.1 Å². The van der Waals surface area contributed by atoms with E-state index in [9.17, 15) is 9.59 Å². The lowest BCUT2D eigenvalue weighted by molar-refractivity contribution is -0.123. The molecule has 26 heavy (non-hydrogen) atoms. The highest BCUT2D eigenvalue weighted by Gasteiger charge is 2.29. The third kappa shape index (κ3) is 3.49. The van der Waals surface area contributed by atoms with Gasteiger partial charge in [0.15, 0.2) is 6.10 Å². The molecule has 1 saturated carbocycles. The molecule has 2 aromatic rings. The van der Waals surface area contributed by atoms with Crippen molar-refractivity contribution in [2.75, 3.05) is 10.6 Å². The van der Waals surface area contributed by atoms with Crippen molar-refractivity contribution in [3.8, 4) is 5.75 Å². The maximum absolute atomic E-state index is 12.7. The fourth-order valence-corrected chi connectivity index (χ4v) is 2.92. The van der Waals surface area contributed by atoms with Crippen LogP contribution in [0, 0.1) is 0 Å². The van der Waals surface area contributed by atoms with Crippen LogP contribution in [0.15, 0.2) is 48.5 Å². The van der Waals surface area contributed by atoms with Crippen LogP contribution in [0.4, 0.5) is 11.4 Å². The Morgan fingerprint density at radius 2 is 1.96 bits per heavy atom. The average molecular weight is 351 g/mol. The highest BCUT2D eigenvalue weighted by Crippen LogP contribution is 2.33. The number of ether oxygens (including phenoxy) is 1. The van der Waals surface area contributed by atoms with Crippen molar-refractivity contribution in [1.82, 2.24) is 5.32 Å². The Morgan fingerprint density at radius 3 is 2.69 bits per heavy atom. The van der Waals surface area contributed by atoms with Gasteiger partial charge in [0.25, 0.3) is 5.91 Å². The van der Waals surface area contributed by atoms with E-state index < -0.39 is 12.1 Å². The fourth-order valence-electron chi connectivity index (χ4n) is 2.92. The minimum Gasteiger partial charge on any atom is -0.479 e. The molecule has 3 N–H and O–H groups in total. The van der Waals surface area contributed by atoms with Gasteiger partial charge in [-0.2, -0.15) is 0 Å². The number of carbonyl (C=O) groups excluding carboxylic acids is 2. The molecule has 0 unspecified atom stereocenters. The van der Waals surface area contributed by atoms with Gasteiger partial charge in [-0.05, 0) is 43.5 Å². The molecule has 2 aliphatic rings. The molecule has 4 rings (SSSR count). The number of carbonyl (C=O) groups is 2. The topological polar surface area (TPSA) is 79.5 Å². The van der Waals surface area contributed by atoms with Crippen LogP contribution in [0.3, 0.4) is 0 Å². The number of rotatable bonds is 5. The first-order valence-electron chi connectivity index (χ1n) is 8.83. The second kappa shape index (κ2) is 6.71. The third-order valence-electron chi connectivity index (χ3n) is 4.54. The lowest BCUT2D eigenvalue weighted by Gasteiger charge is -2.25. The number of amides is 2. The molecule has 0 spiro atoms. The smallest absolute Gasteiger partial charge is 0.265 e. The van der Waals surface area contributed by atoms with E-state index in [1.807, 2.05) is 36.4 Å². The molecular weight excluding hydrogens is 330 g/mol. The SMILES string of the molecule is C[C@H]1Oc2ccc(N[C@H](C(=O)NC3CC3)c3ccccc3)cc2NC1=O. The Kier molecular flexibility index (Phi) is 4.24. The summed E-state index contributed by atoms with van der Waals surface area (Å²) in [5.41, 5.74) is 2.23. The molecule has 1 heterocycles. The normalized spacial score (nSPS) is 19.6. The Labute approximate surface area is 151 Å². The van der Waals surface area contributed by atoms with Gasteiger partial charge in [-0.15, -0.1) is 0 Å². The lowest BCUT2D eigenvalue weighted by Crippen LogP contribution is -2.35. The molecule has 1 aliphatic carbocycles. The van der Waals surface area contributed by atoms with Gasteiger partial charge in [0.05, 0.1) is 5.69 Å². The van der Waals surface area contributed by atoms with Crippen LogP contribution < -0.4 is 20.7 Å². The van der Waals surface area contributed by atoms with Gasteiger partial charge in [0.2, 0.25) is 5.91 Å². The van der Waals surface area contributed by atoms with Crippen molar-refractivity contribution in [1.29, 1.82) is 0 Å². The van der Waals surface area contributed by atoms with Crippen molar-refractivity contribution in [2.45, 2.75) is 38.0 Å². The van der Waals surface area contributed by atoms with Gasteiger partial charge in [0.1, 0.15) is 11.8 Å². The second-order valence-corrected chi connectivity index (χ2v) is 6.73. The Balaban J connectivity index is 1.58. The molecule has 0 radical (unpaired) electrons. The number of benzene rings is 2. The average Bonchev–Trinajstić information content (AvgIpc) is 3.45. The van der Waals surface area contributed by atoms with E-state index in [1.54, 1.807) is 19.1 Å². The number of fused-ring (bicyclic) bond motifs is 1. The van der Waals surface area contributed by atoms with Crippen LogP contribution >= 0.6 is 0 Å². The highest BCUT2D eigenvalue weighted by atomic mass is 16.5. The molecule has 1 fully saturated rings. The van der Waals surface area contributed by atoms with E-state index in [1.165, 1.54) is 0 Å². The summed E-state index contributed by atoms with van der Waals surface area (Å²) in [5.74, 6) is 0.396. The van der Waals surface area contributed by atoms with Crippen LogP contribution in [-0.2, 0) is 9.59 Å². The molecule has 0 aromatic heterocycles. The minimum absolute atomic E-state index is 0.0506. The maximum atomic E-state index is 12.7. The monoisotopic (exact) mass is 351 g/mol. The Morgan fingerprint density at radius 1 is 1.19 bits per heavy atom. The molecule has 6 heteroatoms. The zero-order chi connectivity index (χ0) is 18.1. The van der Waals surface area contributed by atoms with Crippen molar-refractivity contribution < 1.29 is 14.3 Å². The standard InChI is InChI=1S/C20H21N3O3/c1-12-19(24)23-16-11-15(9-10-17(16)26-12)21-18(13-5-3-2-4-6-13)20(25)22-14-7-8-14/h2-6,9-12,14,18,21H,7-8H2,1H3,(H,22,25)(H,23,24)/t12-,18+/m1/s1. The lowest BCUT2D eigenvalue weighted by atomic mass is 10.1. The summed E-state index contributed by atoms with van der Waals surface area (Å²) in [7, 11) is 0. The maximum Gasteiger partial charge on any atom is 0.265 e. The quantitative estimate of drug-likeness (QED) is 0.774. The number of hydrogen-bond donors (Lipinski definition) is 3. The molecule has 0 bridgehead atoms. The summed E-state index contributed by atoms with van der Waals surface area (Å²) in [6.45, 7) is 1.71. The van der Waals surface area contributed by atoms with Crippen molar-refractivity contribution in [2.24, 2.45) is 0 Å². The van der Waals surface area contributed by atoms with E-state index in [4.69, 9.17) is 4.74 Å². The zero-order valence-electron chi connectivity index (χ0n) is 14.5. The zero-order valence-corrected chi connectivity index (χ0v) is 14.5. The number of nitrogens with one attached hydrogen (secondary N) is 3. The van der Waals surface area contributed by atoms with Crippen LogP contribution in [0.25, 0.3) is 0 Å². The summed E-state index contributed by atoms with van der Waals surface area (Å²) in [6.07, 6.45) is 1.56. The summed E-state index contributed by atoms with van der Waals surface area (Å²) in [6, 6.07) is 14.8. The fraction of sp³-hybridized carbons (Fsp3) is 0.300. The summed E-state index contributed by atoms with van der Waals surface area (Å²) in [4.78, 5) is 24.5. The molecule has 6 nitrogen and oxygen atoms in total. The van der Waals surface area contributed by atoms with Crippen LogP contribution in [0.1, 0.15) is 31.4 Å². The number of hydrogen-bond acceptors (Lipinski definition) is 4. The van der Waals surface area contributed by atoms with Gasteiger partial charge in [0, 0.05) is 11.7 Å². The second-order valence-electron chi connectivity index (χ2n) is 6.73. The van der Waals surface area contributed by atoms with Crippen LogP contribution in [0.2, 0.25) is 0 Å². The van der Waals surface area contributed by atoms with Crippen LogP contribution in [-0.4, -0.2) is 24.0 Å². The largest absolute Gasteiger partial charge is 0.479 e. The van der Waals surface area contributed by atoms with Gasteiger partial charge < -0.3 is 20.7 Å². The number of anilines is 2. The van der Waals surface area contributed by atoms with Crippen LogP contribution in [0.5, 0.6) is 5.75 Å². The van der Waals surface area contributed by atoms with E-state index in [2.05, 4.69) is 16.0 Å². The first-order chi connectivity index (χ1) is 12.6. The van der Waals surface area contributed by atoms with Gasteiger partial charge in [-0.3, -0.25) is 9.59 Å². The summed E-state index contributed by atoms with van der Waals surface area (Å²) >= 11 is 0. The Hall–Kier alpha value is -3.02.